The molecule has 0 bridgehead atoms. The van der Waals surface area contributed by atoms with Crippen molar-refractivity contribution >= 4 is 0 Å². The third-order valence-corrected chi connectivity index (χ3v) is 4.45. The molecule has 20 heavy (non-hydrogen) atoms. The van der Waals surface area contributed by atoms with E-state index in [1.807, 2.05) is 24.3 Å². The lowest BCUT2D eigenvalue weighted by Gasteiger charge is -2.46. The van der Waals surface area contributed by atoms with Gasteiger partial charge in [0.25, 0.3) is 0 Å². The highest BCUT2D eigenvalue weighted by Crippen LogP contribution is 2.35. The van der Waals surface area contributed by atoms with Crippen LogP contribution in [0.3, 0.4) is 0 Å². The summed E-state index contributed by atoms with van der Waals surface area (Å²) in [6.07, 6.45) is 0.339. The van der Waals surface area contributed by atoms with Gasteiger partial charge in [0.05, 0.1) is 26.4 Å². The number of methoxy groups -OCH3 is 1. The highest BCUT2D eigenvalue weighted by molar-refractivity contribution is 5.31. The van der Waals surface area contributed by atoms with Gasteiger partial charge in [0.15, 0.2) is 0 Å². The minimum atomic E-state index is -0.541. The lowest BCUT2D eigenvalue weighted by atomic mass is 9.85. The van der Waals surface area contributed by atoms with E-state index in [4.69, 9.17) is 9.47 Å². The first-order valence-corrected chi connectivity index (χ1v) is 7.26. The van der Waals surface area contributed by atoms with Crippen molar-refractivity contribution < 1.29 is 14.6 Å². The van der Waals surface area contributed by atoms with Gasteiger partial charge in [0, 0.05) is 18.6 Å². The van der Waals surface area contributed by atoms with E-state index in [0.717, 1.165) is 44.0 Å². The molecule has 0 radical (unpaired) electrons. The van der Waals surface area contributed by atoms with Crippen LogP contribution in [-0.4, -0.2) is 49.0 Å². The summed E-state index contributed by atoms with van der Waals surface area (Å²) in [5.41, 5.74) is 0.621. The van der Waals surface area contributed by atoms with Crippen molar-refractivity contribution in [3.8, 4) is 5.75 Å². The average Bonchev–Trinajstić information content (AvgIpc) is 2.54. The monoisotopic (exact) mass is 279 g/mol. The molecule has 2 unspecified atom stereocenters. The second kappa shape index (κ2) is 6.57. The molecular weight excluding hydrogens is 254 g/mol. The highest BCUT2D eigenvalue weighted by atomic mass is 16.5. The van der Waals surface area contributed by atoms with Crippen LogP contribution in [0.1, 0.15) is 31.9 Å². The molecule has 0 aliphatic carbocycles. The summed E-state index contributed by atoms with van der Waals surface area (Å²) in [6, 6.07) is 7.70. The summed E-state index contributed by atoms with van der Waals surface area (Å²) in [5.74, 6) is 0.780. The van der Waals surface area contributed by atoms with Crippen LogP contribution >= 0.6 is 0 Å². The molecule has 0 aromatic heterocycles. The van der Waals surface area contributed by atoms with Gasteiger partial charge in [0.1, 0.15) is 5.75 Å². The second-order valence-corrected chi connectivity index (χ2v) is 5.49. The van der Waals surface area contributed by atoms with Crippen molar-refractivity contribution in [2.24, 2.45) is 0 Å². The zero-order valence-corrected chi connectivity index (χ0v) is 12.6. The molecule has 4 nitrogen and oxygen atoms in total. The molecule has 1 fully saturated rings. The van der Waals surface area contributed by atoms with Crippen molar-refractivity contribution in [3.05, 3.63) is 29.8 Å². The SMILES string of the molecule is CCC(C)(C(O)c1cccc(OC)c1)N1CCOCC1. The van der Waals surface area contributed by atoms with Crippen molar-refractivity contribution in [2.75, 3.05) is 33.4 Å². The zero-order valence-electron chi connectivity index (χ0n) is 12.6. The fourth-order valence-electron chi connectivity index (χ4n) is 2.83. The standard InChI is InChI=1S/C16H25NO3/c1-4-16(2,17-8-10-20-11-9-17)15(18)13-6-5-7-14(12-13)19-3/h5-7,12,15,18H,4,8-11H2,1-3H3. The van der Waals surface area contributed by atoms with Gasteiger partial charge in [-0.3, -0.25) is 4.90 Å². The lowest BCUT2D eigenvalue weighted by Crippen LogP contribution is -2.54. The number of aliphatic hydroxyl groups is 1. The second-order valence-electron chi connectivity index (χ2n) is 5.49. The Hall–Kier alpha value is -1.10. The van der Waals surface area contributed by atoms with Crippen LogP contribution < -0.4 is 4.74 Å². The van der Waals surface area contributed by atoms with Gasteiger partial charge in [-0.1, -0.05) is 19.1 Å². The van der Waals surface area contributed by atoms with E-state index in [2.05, 4.69) is 18.7 Å². The number of aliphatic hydroxyl groups excluding tert-OH is 1. The van der Waals surface area contributed by atoms with Crippen LogP contribution in [0.5, 0.6) is 5.75 Å². The van der Waals surface area contributed by atoms with Gasteiger partial charge in [-0.25, -0.2) is 0 Å². The molecule has 1 saturated heterocycles. The first kappa shape index (κ1) is 15.3. The van der Waals surface area contributed by atoms with E-state index in [9.17, 15) is 5.11 Å². The Morgan fingerprint density at radius 2 is 2.10 bits per heavy atom. The van der Waals surface area contributed by atoms with Crippen molar-refractivity contribution in [2.45, 2.75) is 31.9 Å². The fourth-order valence-corrected chi connectivity index (χ4v) is 2.83. The van der Waals surface area contributed by atoms with Crippen molar-refractivity contribution in [1.29, 1.82) is 0 Å². The van der Waals surface area contributed by atoms with Crippen LogP contribution in [0.25, 0.3) is 0 Å². The van der Waals surface area contributed by atoms with Crippen LogP contribution in [0.2, 0.25) is 0 Å². The number of hydrogen-bond acceptors (Lipinski definition) is 4. The van der Waals surface area contributed by atoms with Crippen LogP contribution in [0, 0.1) is 0 Å². The summed E-state index contributed by atoms with van der Waals surface area (Å²) >= 11 is 0. The van der Waals surface area contributed by atoms with E-state index in [-0.39, 0.29) is 5.54 Å². The Kier molecular flexibility index (Phi) is 5.02. The van der Waals surface area contributed by atoms with Crippen molar-refractivity contribution in [3.63, 3.8) is 0 Å². The van der Waals surface area contributed by atoms with E-state index in [0.29, 0.717) is 0 Å². The molecule has 1 heterocycles. The van der Waals surface area contributed by atoms with Gasteiger partial charge in [0.2, 0.25) is 0 Å². The largest absolute Gasteiger partial charge is 0.497 e. The maximum atomic E-state index is 10.9. The molecule has 112 valence electrons. The molecule has 1 aromatic carbocycles. The Morgan fingerprint density at radius 3 is 2.70 bits per heavy atom. The minimum absolute atomic E-state index is 0.282. The summed E-state index contributed by atoms with van der Waals surface area (Å²) in [5, 5.41) is 10.9. The first-order valence-electron chi connectivity index (χ1n) is 7.26. The summed E-state index contributed by atoms with van der Waals surface area (Å²) < 4.78 is 10.7. The van der Waals surface area contributed by atoms with Crippen LogP contribution in [0.4, 0.5) is 0 Å². The molecule has 1 aliphatic heterocycles. The van der Waals surface area contributed by atoms with E-state index >= 15 is 0 Å². The Morgan fingerprint density at radius 1 is 1.40 bits per heavy atom. The summed E-state index contributed by atoms with van der Waals surface area (Å²) in [7, 11) is 1.65. The van der Waals surface area contributed by atoms with Crippen LogP contribution in [-0.2, 0) is 4.74 Å². The Labute approximate surface area is 121 Å². The maximum absolute atomic E-state index is 10.9. The number of morpholine rings is 1. The predicted molar refractivity (Wildman–Crippen MR) is 79.0 cm³/mol. The van der Waals surface area contributed by atoms with Gasteiger partial charge in [-0.15, -0.1) is 0 Å². The van der Waals surface area contributed by atoms with E-state index in [1.54, 1.807) is 7.11 Å². The number of rotatable bonds is 5. The smallest absolute Gasteiger partial charge is 0.119 e. The molecule has 0 amide bonds. The molecule has 0 spiro atoms. The third-order valence-electron chi connectivity index (χ3n) is 4.45. The minimum Gasteiger partial charge on any atom is -0.497 e. The molecule has 0 saturated carbocycles. The van der Waals surface area contributed by atoms with Gasteiger partial charge in [-0.2, -0.15) is 0 Å². The van der Waals surface area contributed by atoms with Gasteiger partial charge < -0.3 is 14.6 Å². The number of hydrogen-bond donors (Lipinski definition) is 1. The number of ether oxygens (including phenoxy) is 2. The third kappa shape index (κ3) is 2.97. The fraction of sp³-hybridized carbons (Fsp3) is 0.625. The number of benzene rings is 1. The van der Waals surface area contributed by atoms with E-state index < -0.39 is 6.10 Å². The maximum Gasteiger partial charge on any atom is 0.119 e. The lowest BCUT2D eigenvalue weighted by molar-refractivity contribution is -0.0734. The molecular formula is C16H25NO3. The van der Waals surface area contributed by atoms with Gasteiger partial charge in [-0.05, 0) is 31.0 Å². The first-order chi connectivity index (χ1) is 9.61. The zero-order chi connectivity index (χ0) is 14.6. The molecule has 2 atom stereocenters. The molecule has 1 aromatic rings. The number of nitrogens with zero attached hydrogens (tertiary/aromatic N) is 1. The summed E-state index contributed by atoms with van der Waals surface area (Å²) in [6.45, 7) is 7.46. The van der Waals surface area contributed by atoms with Gasteiger partial charge >= 0.3 is 0 Å². The quantitative estimate of drug-likeness (QED) is 0.897. The van der Waals surface area contributed by atoms with Crippen LogP contribution in [0.15, 0.2) is 24.3 Å². The Balaban J connectivity index is 2.24. The average molecular weight is 279 g/mol. The molecule has 1 N–H and O–H groups in total. The molecule has 2 rings (SSSR count). The van der Waals surface area contributed by atoms with Crippen molar-refractivity contribution in [1.82, 2.24) is 4.90 Å². The molecule has 1 aliphatic rings. The Bertz CT molecular complexity index is 431. The topological polar surface area (TPSA) is 41.9 Å². The normalized spacial score (nSPS) is 21.2. The molecule has 4 heteroatoms. The highest BCUT2D eigenvalue weighted by Gasteiger charge is 2.38. The van der Waals surface area contributed by atoms with E-state index in [1.165, 1.54) is 0 Å². The summed E-state index contributed by atoms with van der Waals surface area (Å²) in [4.78, 5) is 2.33. The predicted octanol–water partition coefficient (Wildman–Crippen LogP) is 2.23.